The average Bonchev–Trinajstić information content (AvgIpc) is 2.58. The Kier molecular flexibility index (Phi) is 5.80. The van der Waals surface area contributed by atoms with Crippen LogP contribution in [0.2, 0.25) is 0 Å². The molecule has 4 nitrogen and oxygen atoms in total. The highest BCUT2D eigenvalue weighted by molar-refractivity contribution is 5.98. The van der Waals surface area contributed by atoms with Crippen molar-refractivity contribution in [3.8, 4) is 0 Å². The van der Waals surface area contributed by atoms with Gasteiger partial charge in [-0.3, -0.25) is 9.78 Å². The van der Waals surface area contributed by atoms with Gasteiger partial charge < -0.3 is 4.74 Å². The molecule has 0 aliphatic carbocycles. The van der Waals surface area contributed by atoms with E-state index in [2.05, 4.69) is 18.8 Å². The molecule has 0 radical (unpaired) electrons. The zero-order chi connectivity index (χ0) is 16.7. The maximum Gasteiger partial charge on any atom is 0.331 e. The largest absolute Gasteiger partial charge is 0.454 e. The Morgan fingerprint density at radius 1 is 1.13 bits per heavy atom. The van der Waals surface area contributed by atoms with Crippen LogP contribution in [0, 0.1) is 0 Å². The monoisotopic (exact) mass is 309 g/mol. The number of hydrogen-bond donors (Lipinski definition) is 0. The van der Waals surface area contributed by atoms with Crippen LogP contribution >= 0.6 is 0 Å². The number of ketones is 1. The van der Waals surface area contributed by atoms with E-state index in [0.717, 1.165) is 5.56 Å². The highest BCUT2D eigenvalue weighted by Crippen LogP contribution is 2.15. The van der Waals surface area contributed by atoms with E-state index in [1.165, 1.54) is 6.08 Å². The van der Waals surface area contributed by atoms with Gasteiger partial charge in [0.15, 0.2) is 12.4 Å². The molecule has 4 heteroatoms. The molecule has 0 amide bonds. The van der Waals surface area contributed by atoms with Gasteiger partial charge in [-0.1, -0.05) is 44.2 Å². The molecule has 0 fully saturated rings. The molecule has 0 atom stereocenters. The van der Waals surface area contributed by atoms with Gasteiger partial charge in [0.2, 0.25) is 0 Å². The van der Waals surface area contributed by atoms with Crippen LogP contribution in [0.1, 0.15) is 41.4 Å². The van der Waals surface area contributed by atoms with E-state index in [9.17, 15) is 9.59 Å². The molecule has 0 saturated carbocycles. The fraction of sp³-hybridized carbons (Fsp3) is 0.211. The summed E-state index contributed by atoms with van der Waals surface area (Å²) in [5.74, 6) is -0.378. The van der Waals surface area contributed by atoms with Gasteiger partial charge in [-0.05, 0) is 29.7 Å². The standard InChI is InChI=1S/C19H19NO3/c1-14(2)15-6-8-16(9-7-15)18(21)13-23-19(22)11-10-17-5-3-4-12-20-17/h3-12,14H,13H2,1-2H3/b11-10+. The smallest absolute Gasteiger partial charge is 0.331 e. The third-order valence-corrected chi connectivity index (χ3v) is 3.32. The first kappa shape index (κ1) is 16.6. The van der Waals surface area contributed by atoms with Crippen molar-refractivity contribution in [2.75, 3.05) is 6.61 Å². The highest BCUT2D eigenvalue weighted by atomic mass is 16.5. The SMILES string of the molecule is CC(C)c1ccc(C(=O)COC(=O)/C=C/c2ccccn2)cc1. The summed E-state index contributed by atoms with van der Waals surface area (Å²) in [5.41, 5.74) is 2.35. The predicted octanol–water partition coefficient (Wildman–Crippen LogP) is 3.64. The van der Waals surface area contributed by atoms with Crippen molar-refractivity contribution in [1.82, 2.24) is 4.98 Å². The summed E-state index contributed by atoms with van der Waals surface area (Å²) < 4.78 is 4.95. The first-order chi connectivity index (χ1) is 11.1. The molecule has 2 rings (SSSR count). The summed E-state index contributed by atoms with van der Waals surface area (Å²) in [5, 5.41) is 0. The molecule has 118 valence electrons. The maximum absolute atomic E-state index is 12.0. The Morgan fingerprint density at radius 3 is 2.48 bits per heavy atom. The lowest BCUT2D eigenvalue weighted by Crippen LogP contribution is -2.12. The lowest BCUT2D eigenvalue weighted by Gasteiger charge is -2.06. The summed E-state index contributed by atoms with van der Waals surface area (Å²) in [6, 6.07) is 12.7. The second-order valence-corrected chi connectivity index (χ2v) is 5.40. The molecule has 0 bridgehead atoms. The molecule has 0 aliphatic rings. The zero-order valence-corrected chi connectivity index (χ0v) is 13.2. The van der Waals surface area contributed by atoms with Gasteiger partial charge >= 0.3 is 5.97 Å². The Morgan fingerprint density at radius 2 is 1.87 bits per heavy atom. The molecule has 1 aromatic heterocycles. The van der Waals surface area contributed by atoms with Crippen LogP contribution in [0.5, 0.6) is 0 Å². The van der Waals surface area contributed by atoms with E-state index in [4.69, 9.17) is 4.74 Å². The van der Waals surface area contributed by atoms with Crippen LogP contribution in [0.3, 0.4) is 0 Å². The van der Waals surface area contributed by atoms with E-state index in [0.29, 0.717) is 17.2 Å². The molecule has 0 aliphatic heterocycles. The zero-order valence-electron chi connectivity index (χ0n) is 13.2. The normalized spacial score (nSPS) is 10.9. The van der Waals surface area contributed by atoms with Crippen LogP contribution in [0.25, 0.3) is 6.08 Å². The van der Waals surface area contributed by atoms with Crippen LogP contribution in [-0.4, -0.2) is 23.3 Å². The molecule has 1 heterocycles. The summed E-state index contributed by atoms with van der Waals surface area (Å²) in [6.45, 7) is 3.91. The second kappa shape index (κ2) is 8.03. The number of esters is 1. The number of carbonyl (C=O) groups excluding carboxylic acids is 2. The Labute approximate surface area is 135 Å². The first-order valence-corrected chi connectivity index (χ1v) is 7.45. The molecule has 23 heavy (non-hydrogen) atoms. The minimum atomic E-state index is -0.567. The predicted molar refractivity (Wildman–Crippen MR) is 89.1 cm³/mol. The number of benzene rings is 1. The van der Waals surface area contributed by atoms with Gasteiger partial charge in [0.25, 0.3) is 0 Å². The molecule has 2 aromatic rings. The number of hydrogen-bond acceptors (Lipinski definition) is 4. The lowest BCUT2D eigenvalue weighted by molar-refractivity contribution is -0.136. The van der Waals surface area contributed by atoms with Gasteiger partial charge in [-0.2, -0.15) is 0 Å². The average molecular weight is 309 g/mol. The number of aromatic nitrogens is 1. The minimum absolute atomic E-state index is 0.222. The van der Waals surface area contributed by atoms with Crippen molar-refractivity contribution in [2.45, 2.75) is 19.8 Å². The van der Waals surface area contributed by atoms with Crippen LogP contribution in [0.15, 0.2) is 54.7 Å². The number of rotatable bonds is 6. The first-order valence-electron chi connectivity index (χ1n) is 7.45. The Balaban J connectivity index is 1.86. The van der Waals surface area contributed by atoms with Gasteiger partial charge in [-0.15, -0.1) is 0 Å². The maximum atomic E-state index is 12.0. The van der Waals surface area contributed by atoms with E-state index in [-0.39, 0.29) is 12.4 Å². The van der Waals surface area contributed by atoms with Crippen LogP contribution < -0.4 is 0 Å². The number of pyridine rings is 1. The molecule has 1 aromatic carbocycles. The van der Waals surface area contributed by atoms with Crippen molar-refractivity contribution in [2.24, 2.45) is 0 Å². The Hall–Kier alpha value is -2.75. The topological polar surface area (TPSA) is 56.3 Å². The summed E-state index contributed by atoms with van der Waals surface area (Å²) >= 11 is 0. The second-order valence-electron chi connectivity index (χ2n) is 5.40. The van der Waals surface area contributed by atoms with Crippen molar-refractivity contribution in [3.05, 3.63) is 71.6 Å². The van der Waals surface area contributed by atoms with Gasteiger partial charge in [0, 0.05) is 17.8 Å². The van der Waals surface area contributed by atoms with E-state index < -0.39 is 5.97 Å². The van der Waals surface area contributed by atoms with Crippen LogP contribution in [-0.2, 0) is 9.53 Å². The van der Waals surface area contributed by atoms with Gasteiger partial charge in [0.1, 0.15) is 0 Å². The molecule has 0 spiro atoms. The van der Waals surface area contributed by atoms with Crippen molar-refractivity contribution in [3.63, 3.8) is 0 Å². The van der Waals surface area contributed by atoms with Gasteiger partial charge in [-0.25, -0.2) is 4.79 Å². The van der Waals surface area contributed by atoms with Crippen molar-refractivity contribution >= 4 is 17.8 Å². The van der Waals surface area contributed by atoms with Crippen molar-refractivity contribution < 1.29 is 14.3 Å². The lowest BCUT2D eigenvalue weighted by atomic mass is 10.0. The Bertz CT molecular complexity index is 688. The fourth-order valence-corrected chi connectivity index (χ4v) is 1.95. The van der Waals surface area contributed by atoms with Crippen LogP contribution in [0.4, 0.5) is 0 Å². The third-order valence-electron chi connectivity index (χ3n) is 3.32. The number of Topliss-reactive ketones (excluding diaryl/α,β-unsaturated/α-hetero) is 1. The molecule has 0 unspecified atom stereocenters. The summed E-state index contributed by atoms with van der Waals surface area (Å²) in [7, 11) is 0. The van der Waals surface area contributed by atoms with E-state index in [1.807, 2.05) is 18.2 Å². The molecular weight excluding hydrogens is 290 g/mol. The van der Waals surface area contributed by atoms with Gasteiger partial charge in [0.05, 0.1) is 5.69 Å². The van der Waals surface area contributed by atoms with E-state index >= 15 is 0 Å². The highest BCUT2D eigenvalue weighted by Gasteiger charge is 2.09. The molecule has 0 N–H and O–H groups in total. The fourth-order valence-electron chi connectivity index (χ4n) is 1.95. The van der Waals surface area contributed by atoms with Crippen molar-refractivity contribution in [1.29, 1.82) is 0 Å². The minimum Gasteiger partial charge on any atom is -0.454 e. The summed E-state index contributed by atoms with van der Waals surface area (Å²) in [6.07, 6.45) is 4.44. The third kappa shape index (κ3) is 5.18. The summed E-state index contributed by atoms with van der Waals surface area (Å²) in [4.78, 5) is 27.7. The number of nitrogens with zero attached hydrogens (tertiary/aromatic N) is 1. The van der Waals surface area contributed by atoms with E-state index in [1.54, 1.807) is 36.5 Å². The number of ether oxygens (including phenoxy) is 1. The quantitative estimate of drug-likeness (QED) is 0.464. The molecular formula is C19H19NO3. The molecule has 0 saturated heterocycles. The number of carbonyl (C=O) groups is 2.